The van der Waals surface area contributed by atoms with E-state index in [1.807, 2.05) is 19.1 Å². The maximum Gasteiger partial charge on any atom is 0.246 e. The first-order valence-corrected chi connectivity index (χ1v) is 6.90. The number of rotatable bonds is 8. The first kappa shape index (κ1) is 17.2. The van der Waals surface area contributed by atoms with Gasteiger partial charge in [0.15, 0.2) is 0 Å². The molecular weight excluding hydrogens is 268 g/mol. The van der Waals surface area contributed by atoms with Gasteiger partial charge in [-0.25, -0.2) is 0 Å². The highest BCUT2D eigenvalue weighted by atomic mass is 16.5. The summed E-state index contributed by atoms with van der Waals surface area (Å²) in [5.74, 6) is -0.0616. The molecule has 0 aliphatic carbocycles. The fraction of sp³-hybridized carbons (Fsp3) is 0.438. The summed E-state index contributed by atoms with van der Waals surface area (Å²) in [7, 11) is 3.24. The topological polar surface area (TPSA) is 64.8 Å². The number of ether oxygens (including phenoxy) is 2. The average molecular weight is 292 g/mol. The van der Waals surface area contributed by atoms with Gasteiger partial charge in [-0.05, 0) is 30.7 Å². The van der Waals surface area contributed by atoms with Gasteiger partial charge in [0, 0.05) is 32.5 Å². The minimum absolute atomic E-state index is 0.00582. The van der Waals surface area contributed by atoms with Crippen molar-refractivity contribution in [2.24, 2.45) is 0 Å². The molecule has 0 bridgehead atoms. The standard InChI is InChI=1S/C16H24N2O3/c1-13(12-21-3)18(10-11-20-2)16(19)9-6-14-4-7-15(17)8-5-14/h4-9,13H,10-12,17H2,1-3H3/b9-6+. The third-order valence-electron chi connectivity index (χ3n) is 3.11. The summed E-state index contributed by atoms with van der Waals surface area (Å²) in [5.41, 5.74) is 7.27. The highest BCUT2D eigenvalue weighted by Crippen LogP contribution is 2.08. The van der Waals surface area contributed by atoms with Crippen molar-refractivity contribution in [3.63, 3.8) is 0 Å². The predicted octanol–water partition coefficient (Wildman–Crippen LogP) is 1.79. The lowest BCUT2D eigenvalue weighted by Crippen LogP contribution is -2.42. The summed E-state index contributed by atoms with van der Waals surface area (Å²) in [4.78, 5) is 14.0. The van der Waals surface area contributed by atoms with Gasteiger partial charge >= 0.3 is 0 Å². The summed E-state index contributed by atoms with van der Waals surface area (Å²) >= 11 is 0. The SMILES string of the molecule is COCCN(C(=O)/C=C/c1ccc(N)cc1)C(C)COC. The lowest BCUT2D eigenvalue weighted by atomic mass is 10.2. The molecule has 116 valence electrons. The fourth-order valence-corrected chi connectivity index (χ4v) is 1.94. The van der Waals surface area contributed by atoms with Crippen LogP contribution in [0.5, 0.6) is 0 Å². The van der Waals surface area contributed by atoms with E-state index in [4.69, 9.17) is 15.2 Å². The second-order valence-electron chi connectivity index (χ2n) is 4.83. The molecule has 1 unspecified atom stereocenters. The molecule has 0 fully saturated rings. The molecule has 0 saturated carbocycles. The molecule has 5 heteroatoms. The second-order valence-corrected chi connectivity index (χ2v) is 4.83. The van der Waals surface area contributed by atoms with Gasteiger partial charge in [0.25, 0.3) is 0 Å². The van der Waals surface area contributed by atoms with Gasteiger partial charge < -0.3 is 20.1 Å². The molecule has 2 N–H and O–H groups in total. The van der Waals surface area contributed by atoms with E-state index in [1.54, 1.807) is 43.4 Å². The van der Waals surface area contributed by atoms with Gasteiger partial charge in [0.1, 0.15) is 0 Å². The number of carbonyl (C=O) groups excluding carboxylic acids is 1. The lowest BCUT2D eigenvalue weighted by molar-refractivity contribution is -0.129. The number of nitrogen functional groups attached to an aromatic ring is 1. The molecular formula is C16H24N2O3. The van der Waals surface area contributed by atoms with E-state index in [2.05, 4.69) is 0 Å². The van der Waals surface area contributed by atoms with Crippen LogP contribution in [0.2, 0.25) is 0 Å². The van der Waals surface area contributed by atoms with Crippen molar-refractivity contribution in [1.82, 2.24) is 4.90 Å². The third kappa shape index (κ3) is 5.97. The maximum atomic E-state index is 12.3. The normalized spacial score (nSPS) is 12.5. The van der Waals surface area contributed by atoms with Crippen LogP contribution in [0.3, 0.4) is 0 Å². The van der Waals surface area contributed by atoms with Gasteiger partial charge in [-0.1, -0.05) is 12.1 Å². The molecule has 0 radical (unpaired) electrons. The maximum absolute atomic E-state index is 12.3. The van der Waals surface area contributed by atoms with Gasteiger partial charge in [0.2, 0.25) is 5.91 Å². The van der Waals surface area contributed by atoms with Crippen molar-refractivity contribution >= 4 is 17.7 Å². The zero-order chi connectivity index (χ0) is 15.7. The zero-order valence-corrected chi connectivity index (χ0v) is 12.9. The number of nitrogens with two attached hydrogens (primary N) is 1. The van der Waals surface area contributed by atoms with Crippen molar-refractivity contribution in [3.05, 3.63) is 35.9 Å². The summed E-state index contributed by atoms with van der Waals surface area (Å²) in [6.45, 7) is 3.47. The largest absolute Gasteiger partial charge is 0.399 e. The van der Waals surface area contributed by atoms with Crippen LogP contribution in [0.15, 0.2) is 30.3 Å². The minimum Gasteiger partial charge on any atom is -0.399 e. The molecule has 0 spiro atoms. The number of benzene rings is 1. The van der Waals surface area contributed by atoms with Gasteiger partial charge in [-0.2, -0.15) is 0 Å². The smallest absolute Gasteiger partial charge is 0.246 e. The van der Waals surface area contributed by atoms with E-state index in [9.17, 15) is 4.79 Å². The van der Waals surface area contributed by atoms with Crippen LogP contribution in [0, 0.1) is 0 Å². The molecule has 1 amide bonds. The Morgan fingerprint density at radius 1 is 1.29 bits per heavy atom. The number of amides is 1. The molecule has 1 rings (SSSR count). The van der Waals surface area contributed by atoms with Crippen molar-refractivity contribution in [2.45, 2.75) is 13.0 Å². The molecule has 1 atom stereocenters. The van der Waals surface area contributed by atoms with E-state index in [-0.39, 0.29) is 11.9 Å². The Balaban J connectivity index is 2.72. The Labute approximate surface area is 126 Å². The Hall–Kier alpha value is -1.85. The van der Waals surface area contributed by atoms with E-state index < -0.39 is 0 Å². The van der Waals surface area contributed by atoms with E-state index in [1.165, 1.54) is 0 Å². The second kappa shape index (κ2) is 9.15. The van der Waals surface area contributed by atoms with Crippen molar-refractivity contribution in [1.29, 1.82) is 0 Å². The van der Waals surface area contributed by atoms with Crippen molar-refractivity contribution in [2.75, 3.05) is 39.7 Å². The molecule has 0 aromatic heterocycles. The van der Waals surface area contributed by atoms with Crippen LogP contribution in [-0.2, 0) is 14.3 Å². The fourth-order valence-electron chi connectivity index (χ4n) is 1.94. The first-order chi connectivity index (χ1) is 10.1. The summed E-state index contributed by atoms with van der Waals surface area (Å²) in [5, 5.41) is 0. The van der Waals surface area contributed by atoms with Crippen LogP contribution in [0.1, 0.15) is 12.5 Å². The number of hydrogen-bond acceptors (Lipinski definition) is 4. The van der Waals surface area contributed by atoms with Gasteiger partial charge in [-0.15, -0.1) is 0 Å². The monoisotopic (exact) mass is 292 g/mol. The van der Waals surface area contributed by atoms with Gasteiger partial charge in [0.05, 0.1) is 19.3 Å². The van der Waals surface area contributed by atoms with Crippen LogP contribution in [-0.4, -0.2) is 50.8 Å². The Morgan fingerprint density at radius 2 is 1.95 bits per heavy atom. The number of nitrogens with zero attached hydrogens (tertiary/aromatic N) is 1. The van der Waals surface area contributed by atoms with Crippen LogP contribution in [0.4, 0.5) is 5.69 Å². The van der Waals surface area contributed by atoms with E-state index in [0.717, 1.165) is 5.56 Å². The highest BCUT2D eigenvalue weighted by Gasteiger charge is 2.17. The zero-order valence-electron chi connectivity index (χ0n) is 12.9. The molecule has 1 aromatic carbocycles. The van der Waals surface area contributed by atoms with E-state index in [0.29, 0.717) is 25.4 Å². The molecule has 0 heterocycles. The lowest BCUT2D eigenvalue weighted by Gasteiger charge is -2.27. The Bertz CT molecular complexity index is 457. The average Bonchev–Trinajstić information content (AvgIpc) is 2.47. The third-order valence-corrected chi connectivity index (χ3v) is 3.11. The highest BCUT2D eigenvalue weighted by molar-refractivity contribution is 5.92. The van der Waals surface area contributed by atoms with Gasteiger partial charge in [-0.3, -0.25) is 4.79 Å². The molecule has 1 aromatic rings. The van der Waals surface area contributed by atoms with Crippen LogP contribution >= 0.6 is 0 Å². The number of methoxy groups -OCH3 is 2. The summed E-state index contributed by atoms with van der Waals surface area (Å²) in [6.07, 6.45) is 3.34. The minimum atomic E-state index is -0.0616. The van der Waals surface area contributed by atoms with Crippen LogP contribution in [0.25, 0.3) is 6.08 Å². The molecule has 5 nitrogen and oxygen atoms in total. The van der Waals surface area contributed by atoms with Crippen molar-refractivity contribution in [3.8, 4) is 0 Å². The number of carbonyl (C=O) groups is 1. The summed E-state index contributed by atoms with van der Waals surface area (Å²) < 4.78 is 10.2. The first-order valence-electron chi connectivity index (χ1n) is 6.90. The number of hydrogen-bond donors (Lipinski definition) is 1. The Kier molecular flexibility index (Phi) is 7.50. The summed E-state index contributed by atoms with van der Waals surface area (Å²) in [6, 6.07) is 7.35. The molecule has 21 heavy (non-hydrogen) atoms. The molecule has 0 aliphatic heterocycles. The predicted molar refractivity (Wildman–Crippen MR) is 84.8 cm³/mol. The van der Waals surface area contributed by atoms with Crippen LogP contribution < -0.4 is 5.73 Å². The Morgan fingerprint density at radius 3 is 2.52 bits per heavy atom. The quantitative estimate of drug-likeness (QED) is 0.586. The molecule has 0 aliphatic rings. The molecule has 0 saturated heterocycles. The van der Waals surface area contributed by atoms with Crippen molar-refractivity contribution < 1.29 is 14.3 Å². The number of anilines is 1. The van der Waals surface area contributed by atoms with E-state index >= 15 is 0 Å².